The van der Waals surface area contributed by atoms with E-state index in [2.05, 4.69) is 15.0 Å². The summed E-state index contributed by atoms with van der Waals surface area (Å²) in [5, 5.41) is 0. The predicted molar refractivity (Wildman–Crippen MR) is 81.6 cm³/mol. The SMILES string of the molecule is Cc1nc2n(c1C)c1nc(C)c(C(F)(F)F)n1c1nc(C(F)(F)F)c(C)n21. The standard InChI is InChI=1S/C15H12F6N6/c1-5-7(3)25-11(22-5)26-8(4)9(14(16,17)18)24-13(26)27-10(15(19,20)21)6(2)23-12(25)27/h1-4H3. The number of hydrogen-bond acceptors (Lipinski definition) is 3. The first-order valence-electron chi connectivity index (χ1n) is 7.74. The second-order valence-electron chi connectivity index (χ2n) is 6.28. The molecule has 0 spiro atoms. The van der Waals surface area contributed by atoms with E-state index in [9.17, 15) is 26.3 Å². The van der Waals surface area contributed by atoms with Crippen molar-refractivity contribution < 1.29 is 26.3 Å². The third kappa shape index (κ3) is 2.18. The van der Waals surface area contributed by atoms with E-state index >= 15 is 0 Å². The molecule has 0 aliphatic carbocycles. The topological polar surface area (TPSA) is 51.9 Å². The highest BCUT2D eigenvalue weighted by atomic mass is 19.4. The van der Waals surface area contributed by atoms with Crippen molar-refractivity contribution >= 4 is 17.3 Å². The number of rotatable bonds is 0. The summed E-state index contributed by atoms with van der Waals surface area (Å²) in [4.78, 5) is 11.7. The lowest BCUT2D eigenvalue weighted by atomic mass is 10.3. The molecule has 12 heteroatoms. The highest BCUT2D eigenvalue weighted by Gasteiger charge is 2.41. The van der Waals surface area contributed by atoms with Gasteiger partial charge in [0.05, 0.1) is 17.1 Å². The van der Waals surface area contributed by atoms with Crippen molar-refractivity contribution in [2.45, 2.75) is 40.0 Å². The van der Waals surface area contributed by atoms with Crippen LogP contribution in [0.25, 0.3) is 17.3 Å². The summed E-state index contributed by atoms with van der Waals surface area (Å²) in [6.45, 7) is 5.51. The number of aryl methyl sites for hydroxylation is 4. The summed E-state index contributed by atoms with van der Waals surface area (Å²) in [6, 6.07) is 0. The lowest BCUT2D eigenvalue weighted by molar-refractivity contribution is -0.142. The van der Waals surface area contributed by atoms with E-state index in [-0.39, 0.29) is 22.9 Å². The summed E-state index contributed by atoms with van der Waals surface area (Å²) < 4.78 is 83.9. The average molecular weight is 390 g/mol. The zero-order chi connectivity index (χ0) is 20.0. The van der Waals surface area contributed by atoms with Gasteiger partial charge in [-0.15, -0.1) is 0 Å². The molecule has 4 aromatic rings. The number of hydrogen-bond donors (Lipinski definition) is 0. The molecule has 27 heavy (non-hydrogen) atoms. The fourth-order valence-electron chi connectivity index (χ4n) is 3.31. The zero-order valence-corrected chi connectivity index (χ0v) is 14.5. The van der Waals surface area contributed by atoms with Gasteiger partial charge in [0.2, 0.25) is 17.3 Å². The van der Waals surface area contributed by atoms with Crippen molar-refractivity contribution in [2.24, 2.45) is 0 Å². The van der Waals surface area contributed by atoms with Gasteiger partial charge in [-0.25, -0.2) is 19.4 Å². The molecule has 0 fully saturated rings. The first kappa shape index (κ1) is 17.6. The molecule has 4 heterocycles. The van der Waals surface area contributed by atoms with Gasteiger partial charge in [0.25, 0.3) is 0 Å². The second kappa shape index (κ2) is 4.93. The molecule has 0 saturated heterocycles. The Kier molecular flexibility index (Phi) is 3.21. The van der Waals surface area contributed by atoms with Gasteiger partial charge >= 0.3 is 12.4 Å². The monoisotopic (exact) mass is 390 g/mol. The van der Waals surface area contributed by atoms with Gasteiger partial charge in [0, 0.05) is 5.69 Å². The van der Waals surface area contributed by atoms with Crippen LogP contribution >= 0.6 is 0 Å². The lowest BCUT2D eigenvalue weighted by Crippen LogP contribution is -2.14. The summed E-state index contributed by atoms with van der Waals surface area (Å²) in [7, 11) is 0. The quantitative estimate of drug-likeness (QED) is 0.428. The van der Waals surface area contributed by atoms with Crippen LogP contribution < -0.4 is 0 Å². The first-order valence-corrected chi connectivity index (χ1v) is 7.74. The van der Waals surface area contributed by atoms with E-state index in [0.29, 0.717) is 15.8 Å². The van der Waals surface area contributed by atoms with Crippen molar-refractivity contribution in [1.82, 2.24) is 28.2 Å². The van der Waals surface area contributed by atoms with Gasteiger partial charge in [-0.2, -0.15) is 26.3 Å². The molecule has 0 bridgehead atoms. The van der Waals surface area contributed by atoms with Crippen LogP contribution in [0.5, 0.6) is 0 Å². The van der Waals surface area contributed by atoms with Gasteiger partial charge in [0.1, 0.15) is 0 Å². The number of halogens is 6. The minimum Gasteiger partial charge on any atom is -0.251 e. The Hall–Kier alpha value is -2.79. The molecule has 0 radical (unpaired) electrons. The summed E-state index contributed by atoms with van der Waals surface area (Å²) >= 11 is 0. The lowest BCUT2D eigenvalue weighted by Gasteiger charge is -2.10. The Bertz CT molecular complexity index is 1240. The molecule has 0 aliphatic heterocycles. The Balaban J connectivity index is 2.40. The van der Waals surface area contributed by atoms with Crippen LogP contribution in [0.15, 0.2) is 0 Å². The van der Waals surface area contributed by atoms with Crippen LogP contribution in [0.4, 0.5) is 26.3 Å². The molecule has 0 N–H and O–H groups in total. The summed E-state index contributed by atoms with van der Waals surface area (Å²) in [5.41, 5.74) is -2.23. The van der Waals surface area contributed by atoms with Crippen LogP contribution in [0.2, 0.25) is 0 Å². The van der Waals surface area contributed by atoms with Crippen molar-refractivity contribution in [2.75, 3.05) is 0 Å². The van der Waals surface area contributed by atoms with Gasteiger partial charge < -0.3 is 0 Å². The Labute approximate surface area is 147 Å². The molecular formula is C15H12F6N6. The second-order valence-corrected chi connectivity index (χ2v) is 6.28. The molecule has 144 valence electrons. The smallest absolute Gasteiger partial charge is 0.251 e. The van der Waals surface area contributed by atoms with Crippen molar-refractivity contribution in [1.29, 1.82) is 0 Å². The maximum absolute atomic E-state index is 13.6. The molecule has 0 amide bonds. The van der Waals surface area contributed by atoms with E-state index in [0.717, 1.165) is 18.2 Å². The number of fused-ring (bicyclic) bond motifs is 6. The molecule has 4 aromatic heterocycles. The zero-order valence-electron chi connectivity index (χ0n) is 14.5. The molecule has 0 aromatic carbocycles. The average Bonchev–Trinajstić information content (AvgIpc) is 3.11. The van der Waals surface area contributed by atoms with Crippen molar-refractivity contribution in [3.05, 3.63) is 34.2 Å². The number of alkyl halides is 6. The van der Waals surface area contributed by atoms with Crippen LogP contribution in [-0.4, -0.2) is 28.2 Å². The van der Waals surface area contributed by atoms with Crippen LogP contribution in [-0.2, 0) is 12.4 Å². The van der Waals surface area contributed by atoms with Crippen LogP contribution in [0, 0.1) is 27.7 Å². The van der Waals surface area contributed by atoms with Crippen LogP contribution in [0.3, 0.4) is 0 Å². The highest BCUT2D eigenvalue weighted by Crippen LogP contribution is 2.37. The molecular weight excluding hydrogens is 378 g/mol. The van der Waals surface area contributed by atoms with E-state index < -0.39 is 29.5 Å². The predicted octanol–water partition coefficient (Wildman–Crippen LogP) is 3.90. The molecule has 0 saturated carbocycles. The van der Waals surface area contributed by atoms with Crippen LogP contribution in [0.1, 0.15) is 34.2 Å². The summed E-state index contributed by atoms with van der Waals surface area (Å²) in [5.74, 6) is -0.717. The molecule has 0 unspecified atom stereocenters. The number of imidazole rings is 3. The molecule has 0 aliphatic rings. The maximum Gasteiger partial charge on any atom is 0.435 e. The van der Waals surface area contributed by atoms with E-state index in [1.165, 1.54) is 4.40 Å². The van der Waals surface area contributed by atoms with Gasteiger partial charge in [-0.1, -0.05) is 0 Å². The molecule has 4 rings (SSSR count). The molecule has 6 nitrogen and oxygen atoms in total. The van der Waals surface area contributed by atoms with Gasteiger partial charge in [-0.3, -0.25) is 8.80 Å². The fourth-order valence-corrected chi connectivity index (χ4v) is 3.31. The number of nitrogens with zero attached hydrogens (tertiary/aromatic N) is 6. The van der Waals surface area contributed by atoms with E-state index in [4.69, 9.17) is 0 Å². The van der Waals surface area contributed by atoms with Gasteiger partial charge in [0.15, 0.2) is 11.4 Å². The maximum atomic E-state index is 13.6. The van der Waals surface area contributed by atoms with Crippen molar-refractivity contribution in [3.8, 4) is 0 Å². The Morgan fingerprint density at radius 3 is 1.63 bits per heavy atom. The Morgan fingerprint density at radius 1 is 0.593 bits per heavy atom. The number of aromatic nitrogens is 6. The normalized spacial score (nSPS) is 13.6. The van der Waals surface area contributed by atoms with Gasteiger partial charge in [-0.05, 0) is 27.7 Å². The third-order valence-corrected chi connectivity index (χ3v) is 4.59. The van der Waals surface area contributed by atoms with Crippen molar-refractivity contribution in [3.63, 3.8) is 0 Å². The largest absolute Gasteiger partial charge is 0.435 e. The summed E-state index contributed by atoms with van der Waals surface area (Å²) in [6.07, 6.45) is -9.66. The minimum atomic E-state index is -4.83. The van der Waals surface area contributed by atoms with E-state index in [1.807, 2.05) is 0 Å². The molecule has 0 atom stereocenters. The fraction of sp³-hybridized carbons (Fsp3) is 0.400. The minimum absolute atomic E-state index is 0.0201. The highest BCUT2D eigenvalue weighted by molar-refractivity contribution is 5.60. The Morgan fingerprint density at radius 2 is 1.07 bits per heavy atom. The van der Waals surface area contributed by atoms with E-state index in [1.54, 1.807) is 13.8 Å². The first-order chi connectivity index (χ1) is 12.3. The third-order valence-electron chi connectivity index (χ3n) is 4.59.